The smallest absolute Gasteiger partial charge is 0.0346 e. The lowest BCUT2D eigenvalue weighted by Gasteiger charge is -2.34. The van der Waals surface area contributed by atoms with Crippen LogP contribution in [0.15, 0.2) is 36.4 Å². The van der Waals surface area contributed by atoms with Crippen molar-refractivity contribution in [1.29, 1.82) is 0 Å². The SMILES string of the molecule is CC1CNC(C(C)C)c2ccc3ccccc3c21. The Bertz CT molecular complexity index is 571. The molecule has 0 saturated carbocycles. The molecule has 0 bridgehead atoms. The second kappa shape index (κ2) is 4.40. The molecule has 0 aromatic heterocycles. The molecule has 1 heteroatoms. The number of fused-ring (bicyclic) bond motifs is 3. The topological polar surface area (TPSA) is 12.0 Å². The average Bonchev–Trinajstić information content (AvgIpc) is 2.38. The summed E-state index contributed by atoms with van der Waals surface area (Å²) >= 11 is 0. The van der Waals surface area contributed by atoms with Gasteiger partial charge < -0.3 is 5.32 Å². The lowest BCUT2D eigenvalue weighted by atomic mass is 9.81. The monoisotopic (exact) mass is 239 g/mol. The second-order valence-electron chi connectivity index (χ2n) is 5.82. The zero-order valence-electron chi connectivity index (χ0n) is 11.4. The van der Waals surface area contributed by atoms with Gasteiger partial charge in [-0.1, -0.05) is 57.2 Å². The Labute approximate surface area is 109 Å². The van der Waals surface area contributed by atoms with Crippen molar-refractivity contribution in [3.8, 4) is 0 Å². The van der Waals surface area contributed by atoms with Gasteiger partial charge >= 0.3 is 0 Å². The Morgan fingerprint density at radius 2 is 1.89 bits per heavy atom. The number of hydrogen-bond acceptors (Lipinski definition) is 1. The lowest BCUT2D eigenvalue weighted by Crippen LogP contribution is -2.35. The van der Waals surface area contributed by atoms with Gasteiger partial charge in [0, 0.05) is 12.6 Å². The summed E-state index contributed by atoms with van der Waals surface area (Å²) in [5.41, 5.74) is 3.06. The Balaban J connectivity index is 2.27. The fourth-order valence-electron chi connectivity index (χ4n) is 3.24. The molecule has 1 N–H and O–H groups in total. The molecule has 0 radical (unpaired) electrons. The highest BCUT2D eigenvalue weighted by atomic mass is 14.9. The molecule has 1 nitrogen and oxygen atoms in total. The van der Waals surface area contributed by atoms with Crippen LogP contribution in [-0.2, 0) is 0 Å². The molecule has 0 spiro atoms. The van der Waals surface area contributed by atoms with E-state index < -0.39 is 0 Å². The van der Waals surface area contributed by atoms with Crippen molar-refractivity contribution in [2.24, 2.45) is 5.92 Å². The first-order chi connectivity index (χ1) is 8.68. The van der Waals surface area contributed by atoms with Gasteiger partial charge in [0.05, 0.1) is 0 Å². The van der Waals surface area contributed by atoms with Gasteiger partial charge in [0.25, 0.3) is 0 Å². The van der Waals surface area contributed by atoms with Crippen LogP contribution in [0.3, 0.4) is 0 Å². The molecule has 0 amide bonds. The van der Waals surface area contributed by atoms with E-state index in [0.29, 0.717) is 17.9 Å². The molecule has 0 saturated heterocycles. The van der Waals surface area contributed by atoms with Crippen LogP contribution < -0.4 is 5.32 Å². The molecule has 1 aliphatic heterocycles. The van der Waals surface area contributed by atoms with E-state index in [1.54, 1.807) is 5.56 Å². The predicted octanol–water partition coefficient (Wildman–Crippen LogP) is 4.24. The van der Waals surface area contributed by atoms with Crippen molar-refractivity contribution < 1.29 is 0 Å². The molecule has 0 fully saturated rings. The summed E-state index contributed by atoms with van der Waals surface area (Å²) < 4.78 is 0. The van der Waals surface area contributed by atoms with Crippen molar-refractivity contribution in [3.63, 3.8) is 0 Å². The van der Waals surface area contributed by atoms with Gasteiger partial charge in [-0.05, 0) is 33.7 Å². The minimum absolute atomic E-state index is 0.501. The first kappa shape index (κ1) is 11.7. The fraction of sp³-hybridized carbons (Fsp3) is 0.412. The summed E-state index contributed by atoms with van der Waals surface area (Å²) in [6, 6.07) is 13.9. The Hall–Kier alpha value is -1.34. The molecule has 1 heterocycles. The van der Waals surface area contributed by atoms with Crippen LogP contribution in [0.5, 0.6) is 0 Å². The summed E-state index contributed by atoms with van der Waals surface area (Å²) in [5, 5.41) is 6.50. The minimum atomic E-state index is 0.501. The maximum Gasteiger partial charge on any atom is 0.0346 e. The first-order valence-electron chi connectivity index (χ1n) is 6.93. The van der Waals surface area contributed by atoms with E-state index in [4.69, 9.17) is 0 Å². The van der Waals surface area contributed by atoms with Gasteiger partial charge in [0.1, 0.15) is 0 Å². The quantitative estimate of drug-likeness (QED) is 0.784. The van der Waals surface area contributed by atoms with Gasteiger partial charge in [0.15, 0.2) is 0 Å². The van der Waals surface area contributed by atoms with Crippen LogP contribution in [0.4, 0.5) is 0 Å². The van der Waals surface area contributed by atoms with Crippen LogP contribution in [0.1, 0.15) is 43.9 Å². The molecule has 0 aliphatic carbocycles. The molecular weight excluding hydrogens is 218 g/mol. The molecule has 2 atom stereocenters. The third kappa shape index (κ3) is 1.74. The van der Waals surface area contributed by atoms with Crippen molar-refractivity contribution in [2.45, 2.75) is 32.7 Å². The molecule has 2 unspecified atom stereocenters. The number of hydrogen-bond donors (Lipinski definition) is 1. The summed E-state index contributed by atoms with van der Waals surface area (Å²) in [4.78, 5) is 0. The molecule has 2 aromatic carbocycles. The Kier molecular flexibility index (Phi) is 2.87. The highest BCUT2D eigenvalue weighted by Gasteiger charge is 2.27. The van der Waals surface area contributed by atoms with Crippen LogP contribution in [0.25, 0.3) is 10.8 Å². The van der Waals surface area contributed by atoms with Crippen LogP contribution in [0.2, 0.25) is 0 Å². The van der Waals surface area contributed by atoms with Gasteiger partial charge in [-0.25, -0.2) is 0 Å². The molecular formula is C17H21N. The van der Waals surface area contributed by atoms with E-state index in [0.717, 1.165) is 6.54 Å². The molecule has 3 rings (SSSR count). The van der Waals surface area contributed by atoms with E-state index in [-0.39, 0.29) is 0 Å². The Morgan fingerprint density at radius 3 is 2.67 bits per heavy atom. The lowest BCUT2D eigenvalue weighted by molar-refractivity contribution is 0.378. The number of nitrogens with one attached hydrogen (secondary N) is 1. The van der Waals surface area contributed by atoms with E-state index in [9.17, 15) is 0 Å². The van der Waals surface area contributed by atoms with E-state index in [1.165, 1.54) is 16.3 Å². The van der Waals surface area contributed by atoms with Crippen molar-refractivity contribution in [3.05, 3.63) is 47.5 Å². The van der Waals surface area contributed by atoms with Gasteiger partial charge in [-0.15, -0.1) is 0 Å². The molecule has 94 valence electrons. The van der Waals surface area contributed by atoms with Crippen molar-refractivity contribution in [2.75, 3.05) is 6.54 Å². The van der Waals surface area contributed by atoms with E-state index in [1.807, 2.05) is 0 Å². The zero-order valence-corrected chi connectivity index (χ0v) is 11.4. The van der Waals surface area contributed by atoms with E-state index >= 15 is 0 Å². The first-order valence-corrected chi connectivity index (χ1v) is 6.93. The largest absolute Gasteiger partial charge is 0.309 e. The van der Waals surface area contributed by atoms with Gasteiger partial charge in [-0.3, -0.25) is 0 Å². The van der Waals surface area contributed by atoms with Crippen molar-refractivity contribution in [1.82, 2.24) is 5.32 Å². The number of rotatable bonds is 1. The third-order valence-corrected chi connectivity index (χ3v) is 4.14. The normalized spacial score (nSPS) is 23.3. The summed E-state index contributed by atoms with van der Waals surface area (Å²) in [5.74, 6) is 1.23. The third-order valence-electron chi connectivity index (χ3n) is 4.14. The Morgan fingerprint density at radius 1 is 1.11 bits per heavy atom. The van der Waals surface area contributed by atoms with Crippen LogP contribution >= 0.6 is 0 Å². The highest BCUT2D eigenvalue weighted by Crippen LogP contribution is 2.38. The maximum atomic E-state index is 3.69. The number of benzene rings is 2. The van der Waals surface area contributed by atoms with Gasteiger partial charge in [-0.2, -0.15) is 0 Å². The van der Waals surface area contributed by atoms with E-state index in [2.05, 4.69) is 62.5 Å². The average molecular weight is 239 g/mol. The second-order valence-corrected chi connectivity index (χ2v) is 5.82. The maximum absolute atomic E-state index is 3.69. The molecule has 18 heavy (non-hydrogen) atoms. The van der Waals surface area contributed by atoms with Crippen LogP contribution in [0, 0.1) is 5.92 Å². The summed E-state index contributed by atoms with van der Waals surface area (Å²) in [6.07, 6.45) is 0. The zero-order chi connectivity index (χ0) is 12.7. The standard InChI is InChI=1S/C17H21N/c1-11(2)17-15-9-8-13-6-4-5-7-14(13)16(15)12(3)10-18-17/h4-9,11-12,17-18H,10H2,1-3H3. The minimum Gasteiger partial charge on any atom is -0.309 e. The molecule has 2 aromatic rings. The summed E-state index contributed by atoms with van der Waals surface area (Å²) in [6.45, 7) is 8.01. The van der Waals surface area contributed by atoms with Gasteiger partial charge in [0.2, 0.25) is 0 Å². The highest BCUT2D eigenvalue weighted by molar-refractivity contribution is 5.87. The summed E-state index contributed by atoms with van der Waals surface area (Å²) in [7, 11) is 0. The molecule has 1 aliphatic rings. The predicted molar refractivity (Wildman–Crippen MR) is 77.9 cm³/mol. The van der Waals surface area contributed by atoms with Crippen LogP contribution in [-0.4, -0.2) is 6.54 Å². The van der Waals surface area contributed by atoms with Crippen molar-refractivity contribution >= 4 is 10.8 Å². The fourth-order valence-corrected chi connectivity index (χ4v) is 3.24.